The largest absolute Gasteiger partial charge is 0.387 e. The van der Waals surface area contributed by atoms with Crippen molar-refractivity contribution in [2.75, 3.05) is 32.7 Å². The van der Waals surface area contributed by atoms with E-state index in [2.05, 4.69) is 4.90 Å². The van der Waals surface area contributed by atoms with E-state index in [9.17, 15) is 9.90 Å². The van der Waals surface area contributed by atoms with Gasteiger partial charge in [0.05, 0.1) is 12.5 Å². The average Bonchev–Trinajstić information content (AvgIpc) is 3.00. The minimum absolute atomic E-state index is 0.207. The molecular weight excluding hydrogens is 320 g/mol. The molecule has 0 radical (unpaired) electrons. The van der Waals surface area contributed by atoms with Gasteiger partial charge in [-0.15, -0.1) is 0 Å². The molecule has 1 amide bonds. The van der Waals surface area contributed by atoms with Crippen LogP contribution in [0, 0.1) is 0 Å². The Kier molecular flexibility index (Phi) is 6.01. The molecule has 3 rings (SSSR count). The Labute approximate surface area is 147 Å². The molecule has 1 unspecified atom stereocenters. The normalized spacial score (nSPS) is 17.5. The van der Waals surface area contributed by atoms with Crippen molar-refractivity contribution in [1.82, 2.24) is 9.80 Å². The quantitative estimate of drug-likeness (QED) is 0.907. The third-order valence-corrected chi connectivity index (χ3v) is 5.22. The van der Waals surface area contributed by atoms with Crippen LogP contribution in [0.2, 0.25) is 0 Å². The maximum absolute atomic E-state index is 12.4. The summed E-state index contributed by atoms with van der Waals surface area (Å²) >= 11 is 1.63. The van der Waals surface area contributed by atoms with Gasteiger partial charge in [-0.1, -0.05) is 30.3 Å². The van der Waals surface area contributed by atoms with Crippen LogP contribution < -0.4 is 0 Å². The summed E-state index contributed by atoms with van der Waals surface area (Å²) in [6.45, 7) is 3.91. The zero-order chi connectivity index (χ0) is 16.8. The van der Waals surface area contributed by atoms with Crippen LogP contribution in [0.4, 0.5) is 0 Å². The third-order valence-electron chi connectivity index (χ3n) is 4.49. The molecule has 0 saturated carbocycles. The van der Waals surface area contributed by atoms with Crippen molar-refractivity contribution in [3.8, 4) is 0 Å². The fourth-order valence-corrected chi connectivity index (χ4v) is 3.78. The summed E-state index contributed by atoms with van der Waals surface area (Å²) in [7, 11) is 0. The molecule has 0 spiro atoms. The number of amides is 1. The lowest BCUT2D eigenvalue weighted by molar-refractivity contribution is -0.130. The van der Waals surface area contributed by atoms with Crippen LogP contribution in [0.1, 0.15) is 23.7 Å². The van der Waals surface area contributed by atoms with E-state index in [1.54, 1.807) is 11.3 Å². The molecule has 4 nitrogen and oxygen atoms in total. The Morgan fingerprint density at radius 1 is 1.12 bits per heavy atom. The Morgan fingerprint density at radius 3 is 2.71 bits per heavy atom. The highest BCUT2D eigenvalue weighted by molar-refractivity contribution is 7.07. The average molecular weight is 344 g/mol. The van der Waals surface area contributed by atoms with Gasteiger partial charge in [-0.25, -0.2) is 0 Å². The maximum atomic E-state index is 12.4. The number of rotatable bonds is 5. The molecule has 2 aromatic rings. The highest BCUT2D eigenvalue weighted by Gasteiger charge is 2.21. The lowest BCUT2D eigenvalue weighted by atomic mass is 10.1. The van der Waals surface area contributed by atoms with Gasteiger partial charge in [-0.3, -0.25) is 9.69 Å². The number of thiophene rings is 1. The van der Waals surface area contributed by atoms with Gasteiger partial charge in [-0.2, -0.15) is 11.3 Å². The Hall–Kier alpha value is -1.69. The number of hydrogen-bond donors (Lipinski definition) is 1. The number of β-amino-alcohol motifs (C(OH)–C–C–N with tert-alkyl or cyclic N) is 1. The van der Waals surface area contributed by atoms with E-state index in [0.29, 0.717) is 13.0 Å². The summed E-state index contributed by atoms with van der Waals surface area (Å²) in [5.74, 6) is 0.207. The van der Waals surface area contributed by atoms with Crippen molar-refractivity contribution in [3.63, 3.8) is 0 Å². The number of nitrogens with zero attached hydrogens (tertiary/aromatic N) is 2. The molecule has 1 N–H and O–H groups in total. The van der Waals surface area contributed by atoms with Crippen molar-refractivity contribution < 1.29 is 9.90 Å². The Bertz CT molecular complexity index is 630. The molecule has 1 fully saturated rings. The minimum Gasteiger partial charge on any atom is -0.387 e. The van der Waals surface area contributed by atoms with Crippen molar-refractivity contribution in [2.24, 2.45) is 0 Å². The topological polar surface area (TPSA) is 43.8 Å². The predicted molar refractivity (Wildman–Crippen MR) is 97.1 cm³/mol. The van der Waals surface area contributed by atoms with E-state index in [1.165, 1.54) is 0 Å². The van der Waals surface area contributed by atoms with Gasteiger partial charge in [-0.05, 0) is 34.4 Å². The number of carbonyl (C=O) groups excluding carboxylic acids is 1. The molecule has 0 bridgehead atoms. The van der Waals surface area contributed by atoms with Gasteiger partial charge in [0.2, 0.25) is 5.91 Å². The molecule has 1 saturated heterocycles. The lowest BCUT2D eigenvalue weighted by Gasteiger charge is -2.24. The summed E-state index contributed by atoms with van der Waals surface area (Å²) < 4.78 is 0. The van der Waals surface area contributed by atoms with Gasteiger partial charge in [0, 0.05) is 32.7 Å². The second-order valence-corrected chi connectivity index (χ2v) is 7.05. The van der Waals surface area contributed by atoms with Gasteiger partial charge in [0.25, 0.3) is 0 Å². The number of carbonyl (C=O) groups is 1. The number of aliphatic hydroxyl groups excluding tert-OH is 1. The smallest absolute Gasteiger partial charge is 0.227 e. The van der Waals surface area contributed by atoms with Gasteiger partial charge < -0.3 is 10.0 Å². The van der Waals surface area contributed by atoms with E-state index >= 15 is 0 Å². The second kappa shape index (κ2) is 8.42. The summed E-state index contributed by atoms with van der Waals surface area (Å²) in [5, 5.41) is 14.4. The second-order valence-electron chi connectivity index (χ2n) is 6.27. The highest BCUT2D eigenvalue weighted by Crippen LogP contribution is 2.16. The number of benzene rings is 1. The molecule has 24 heavy (non-hydrogen) atoms. The molecule has 2 heterocycles. The third kappa shape index (κ3) is 4.66. The lowest BCUT2D eigenvalue weighted by Crippen LogP contribution is -2.37. The molecular formula is C19H24N2O2S. The van der Waals surface area contributed by atoms with Crippen LogP contribution in [0.25, 0.3) is 0 Å². The zero-order valence-corrected chi connectivity index (χ0v) is 14.6. The molecule has 1 aliphatic heterocycles. The first-order valence-corrected chi connectivity index (χ1v) is 9.41. The zero-order valence-electron chi connectivity index (χ0n) is 13.8. The number of aliphatic hydroxyl groups is 1. The first-order valence-electron chi connectivity index (χ1n) is 8.46. The van der Waals surface area contributed by atoms with Gasteiger partial charge in [0.15, 0.2) is 0 Å². The van der Waals surface area contributed by atoms with Crippen LogP contribution in [0.5, 0.6) is 0 Å². The van der Waals surface area contributed by atoms with Crippen LogP contribution in [0.15, 0.2) is 47.2 Å². The minimum atomic E-state index is -0.473. The van der Waals surface area contributed by atoms with Crippen molar-refractivity contribution in [3.05, 3.63) is 58.3 Å². The molecule has 128 valence electrons. The molecule has 5 heteroatoms. The van der Waals surface area contributed by atoms with Crippen LogP contribution >= 0.6 is 11.3 Å². The first-order chi connectivity index (χ1) is 11.7. The van der Waals surface area contributed by atoms with Crippen LogP contribution in [-0.4, -0.2) is 53.5 Å². The van der Waals surface area contributed by atoms with Crippen molar-refractivity contribution in [2.45, 2.75) is 18.9 Å². The van der Waals surface area contributed by atoms with E-state index < -0.39 is 6.10 Å². The summed E-state index contributed by atoms with van der Waals surface area (Å²) in [4.78, 5) is 16.7. The molecule has 1 aromatic heterocycles. The predicted octanol–water partition coefficient (Wildman–Crippen LogP) is 2.56. The first kappa shape index (κ1) is 17.1. The fourth-order valence-electron chi connectivity index (χ4n) is 3.11. The van der Waals surface area contributed by atoms with Crippen molar-refractivity contribution >= 4 is 17.2 Å². The highest BCUT2D eigenvalue weighted by atomic mass is 32.1. The van der Waals surface area contributed by atoms with E-state index in [1.807, 2.05) is 52.1 Å². The molecule has 1 aromatic carbocycles. The summed E-state index contributed by atoms with van der Waals surface area (Å²) in [6, 6.07) is 11.8. The molecule has 1 aliphatic rings. The summed E-state index contributed by atoms with van der Waals surface area (Å²) in [6.07, 6.45) is 0.979. The number of hydrogen-bond acceptors (Lipinski definition) is 4. The summed E-state index contributed by atoms with van der Waals surface area (Å²) in [5.41, 5.74) is 2.05. The van der Waals surface area contributed by atoms with Crippen LogP contribution in [-0.2, 0) is 11.2 Å². The Balaban J connectivity index is 1.50. The standard InChI is InChI=1S/C19H24N2O2S/c22-18(17-5-2-1-3-6-17)14-20-8-4-9-21(11-10-20)19(23)13-16-7-12-24-15-16/h1-3,5-7,12,15,18,22H,4,8-11,13-14H2. The fraction of sp³-hybridized carbons (Fsp3) is 0.421. The Morgan fingerprint density at radius 2 is 1.96 bits per heavy atom. The van der Waals surface area contributed by atoms with Crippen LogP contribution in [0.3, 0.4) is 0 Å². The maximum Gasteiger partial charge on any atom is 0.227 e. The van der Waals surface area contributed by atoms with E-state index in [0.717, 1.165) is 43.7 Å². The SMILES string of the molecule is O=C(Cc1ccsc1)N1CCCN(CC(O)c2ccccc2)CC1. The van der Waals surface area contributed by atoms with Crippen molar-refractivity contribution in [1.29, 1.82) is 0 Å². The van der Waals surface area contributed by atoms with Gasteiger partial charge >= 0.3 is 0 Å². The van der Waals surface area contributed by atoms with E-state index in [4.69, 9.17) is 0 Å². The van der Waals surface area contributed by atoms with E-state index in [-0.39, 0.29) is 5.91 Å². The molecule has 0 aliphatic carbocycles. The monoisotopic (exact) mass is 344 g/mol. The van der Waals surface area contributed by atoms with Gasteiger partial charge in [0.1, 0.15) is 0 Å². The molecule has 1 atom stereocenters.